The predicted molar refractivity (Wildman–Crippen MR) is 72.9 cm³/mol. The molecule has 0 aromatic carbocycles. The first kappa shape index (κ1) is 14.8. The third-order valence-corrected chi connectivity index (χ3v) is 4.15. The Balaban J connectivity index is 2.89. The van der Waals surface area contributed by atoms with Gasteiger partial charge in [-0.15, -0.1) is 23.2 Å². The molecule has 0 saturated carbocycles. The van der Waals surface area contributed by atoms with Crippen molar-refractivity contribution in [1.29, 1.82) is 0 Å². The number of hydrogen-bond donors (Lipinski definition) is 0. The Kier molecular flexibility index (Phi) is 5.74. The summed E-state index contributed by atoms with van der Waals surface area (Å²) in [5.74, 6) is 2.11. The van der Waals surface area contributed by atoms with Crippen LogP contribution in [0.1, 0.15) is 45.5 Å². The molecule has 17 heavy (non-hydrogen) atoms. The average molecular weight is 278 g/mol. The van der Waals surface area contributed by atoms with Gasteiger partial charge in [-0.05, 0) is 20.3 Å². The lowest BCUT2D eigenvalue weighted by molar-refractivity contribution is 0.322. The van der Waals surface area contributed by atoms with Gasteiger partial charge in [-0.1, -0.05) is 13.3 Å². The predicted octanol–water partition coefficient (Wildman–Crippen LogP) is 3.67. The molecule has 0 saturated heterocycles. The maximum atomic E-state index is 6.11. The molecule has 0 amide bonds. The second-order valence-electron chi connectivity index (χ2n) is 4.91. The van der Waals surface area contributed by atoms with E-state index in [0.29, 0.717) is 17.8 Å². The molecule has 0 aliphatic rings. The molecule has 3 nitrogen and oxygen atoms in total. The van der Waals surface area contributed by atoms with Crippen LogP contribution in [0.2, 0.25) is 0 Å². The first-order valence-electron chi connectivity index (χ1n) is 6.09. The summed E-state index contributed by atoms with van der Waals surface area (Å²) in [6, 6.07) is 0.317. The van der Waals surface area contributed by atoms with Gasteiger partial charge < -0.3 is 0 Å². The summed E-state index contributed by atoms with van der Waals surface area (Å²) in [6.07, 6.45) is 4.50. The minimum absolute atomic E-state index is 0.0580. The highest BCUT2D eigenvalue weighted by molar-refractivity contribution is 6.21. The molecule has 0 aliphatic heterocycles. The topological polar surface area (TPSA) is 30.7 Å². The fraction of sp³-hybridized carbons (Fsp3) is 0.833. The quantitative estimate of drug-likeness (QED) is 0.712. The van der Waals surface area contributed by atoms with Crippen LogP contribution < -0.4 is 0 Å². The van der Waals surface area contributed by atoms with Gasteiger partial charge in [-0.3, -0.25) is 0 Å². The number of halogens is 2. The van der Waals surface area contributed by atoms with Crippen molar-refractivity contribution in [2.24, 2.45) is 5.41 Å². The molecule has 0 radical (unpaired) electrons. The maximum absolute atomic E-state index is 6.11. The molecule has 0 aliphatic carbocycles. The van der Waals surface area contributed by atoms with Crippen LogP contribution in [0, 0.1) is 5.41 Å². The van der Waals surface area contributed by atoms with Gasteiger partial charge in [0, 0.05) is 29.6 Å². The smallest absolute Gasteiger partial charge is 0.138 e. The first-order valence-corrected chi connectivity index (χ1v) is 7.15. The summed E-state index contributed by atoms with van der Waals surface area (Å²) >= 11 is 12.2. The second kappa shape index (κ2) is 6.60. The molecule has 0 bridgehead atoms. The van der Waals surface area contributed by atoms with Crippen LogP contribution in [0.15, 0.2) is 6.33 Å². The van der Waals surface area contributed by atoms with Crippen molar-refractivity contribution in [1.82, 2.24) is 14.8 Å². The summed E-state index contributed by atoms with van der Waals surface area (Å²) in [5.41, 5.74) is -0.0580. The summed E-state index contributed by atoms with van der Waals surface area (Å²) < 4.78 is 1.95. The summed E-state index contributed by atoms with van der Waals surface area (Å²) in [4.78, 5) is 4.33. The van der Waals surface area contributed by atoms with Crippen LogP contribution in [0.4, 0.5) is 0 Å². The molecule has 1 heterocycles. The molecule has 1 aromatic rings. The van der Waals surface area contributed by atoms with Gasteiger partial charge in [0.2, 0.25) is 0 Å². The van der Waals surface area contributed by atoms with E-state index < -0.39 is 0 Å². The van der Waals surface area contributed by atoms with Crippen LogP contribution in [-0.2, 0) is 6.42 Å². The first-order chi connectivity index (χ1) is 8.08. The van der Waals surface area contributed by atoms with E-state index in [1.54, 1.807) is 6.33 Å². The highest BCUT2D eigenvalue weighted by Crippen LogP contribution is 2.31. The van der Waals surface area contributed by atoms with Crippen LogP contribution in [0.5, 0.6) is 0 Å². The van der Waals surface area contributed by atoms with Crippen molar-refractivity contribution in [3.05, 3.63) is 12.2 Å². The number of hydrogen-bond acceptors (Lipinski definition) is 2. The number of rotatable bonds is 7. The molecule has 1 rings (SSSR count). The van der Waals surface area contributed by atoms with E-state index in [2.05, 4.69) is 30.9 Å². The molecular formula is C12H21Cl2N3. The van der Waals surface area contributed by atoms with Gasteiger partial charge in [0.1, 0.15) is 12.2 Å². The SMILES string of the molecule is CCCC(CCl)(CCl)Cc1ncnn1C(C)C. The third kappa shape index (κ3) is 3.59. The lowest BCUT2D eigenvalue weighted by atomic mass is 9.83. The van der Waals surface area contributed by atoms with E-state index in [0.717, 1.165) is 25.1 Å². The van der Waals surface area contributed by atoms with Gasteiger partial charge in [0.05, 0.1) is 0 Å². The zero-order valence-electron chi connectivity index (χ0n) is 10.8. The van der Waals surface area contributed by atoms with Crippen LogP contribution in [0.25, 0.3) is 0 Å². The van der Waals surface area contributed by atoms with E-state index >= 15 is 0 Å². The van der Waals surface area contributed by atoms with E-state index in [4.69, 9.17) is 23.2 Å². The fourth-order valence-electron chi connectivity index (χ4n) is 2.05. The minimum Gasteiger partial charge on any atom is -0.248 e. The van der Waals surface area contributed by atoms with Crippen molar-refractivity contribution in [2.45, 2.75) is 46.1 Å². The van der Waals surface area contributed by atoms with Crippen LogP contribution >= 0.6 is 23.2 Å². The normalized spacial score (nSPS) is 12.4. The van der Waals surface area contributed by atoms with Gasteiger partial charge in [-0.25, -0.2) is 9.67 Å². The van der Waals surface area contributed by atoms with Crippen molar-refractivity contribution in [3.63, 3.8) is 0 Å². The third-order valence-electron chi connectivity index (χ3n) is 3.02. The standard InChI is InChI=1S/C12H21Cl2N3/c1-4-5-12(7-13,8-14)6-11-15-9-16-17(11)10(2)3/h9-10H,4-8H2,1-3H3. The Morgan fingerprint density at radius 1 is 1.35 bits per heavy atom. The van der Waals surface area contributed by atoms with Crippen LogP contribution in [0.3, 0.4) is 0 Å². The second-order valence-corrected chi connectivity index (χ2v) is 5.44. The summed E-state index contributed by atoms with van der Waals surface area (Å²) in [7, 11) is 0. The van der Waals surface area contributed by atoms with Crippen molar-refractivity contribution < 1.29 is 0 Å². The molecule has 0 spiro atoms. The Morgan fingerprint density at radius 2 is 2.00 bits per heavy atom. The van der Waals surface area contributed by atoms with Gasteiger partial charge in [-0.2, -0.15) is 5.10 Å². The lowest BCUT2D eigenvalue weighted by Gasteiger charge is -2.29. The summed E-state index contributed by atoms with van der Waals surface area (Å²) in [5, 5.41) is 4.25. The Morgan fingerprint density at radius 3 is 2.47 bits per heavy atom. The molecule has 5 heteroatoms. The number of alkyl halides is 2. The van der Waals surface area contributed by atoms with Crippen molar-refractivity contribution in [2.75, 3.05) is 11.8 Å². The molecule has 0 atom stereocenters. The minimum atomic E-state index is -0.0580. The zero-order valence-corrected chi connectivity index (χ0v) is 12.3. The van der Waals surface area contributed by atoms with Gasteiger partial charge in [0.15, 0.2) is 0 Å². The fourth-order valence-corrected chi connectivity index (χ4v) is 2.79. The molecule has 0 unspecified atom stereocenters. The summed E-state index contributed by atoms with van der Waals surface area (Å²) in [6.45, 7) is 6.35. The lowest BCUT2D eigenvalue weighted by Crippen LogP contribution is -2.30. The Hall–Kier alpha value is -0.280. The largest absolute Gasteiger partial charge is 0.248 e. The average Bonchev–Trinajstić information content (AvgIpc) is 2.76. The van der Waals surface area contributed by atoms with E-state index in [9.17, 15) is 0 Å². The van der Waals surface area contributed by atoms with E-state index in [1.807, 2.05) is 4.68 Å². The van der Waals surface area contributed by atoms with E-state index in [1.165, 1.54) is 0 Å². The maximum Gasteiger partial charge on any atom is 0.138 e. The molecule has 0 fully saturated rings. The van der Waals surface area contributed by atoms with Crippen molar-refractivity contribution >= 4 is 23.2 Å². The van der Waals surface area contributed by atoms with Gasteiger partial charge in [0.25, 0.3) is 0 Å². The molecular weight excluding hydrogens is 257 g/mol. The highest BCUT2D eigenvalue weighted by Gasteiger charge is 2.30. The molecule has 98 valence electrons. The monoisotopic (exact) mass is 277 g/mol. The van der Waals surface area contributed by atoms with Crippen LogP contribution in [-0.4, -0.2) is 26.5 Å². The number of aromatic nitrogens is 3. The van der Waals surface area contributed by atoms with E-state index in [-0.39, 0.29) is 5.41 Å². The highest BCUT2D eigenvalue weighted by atomic mass is 35.5. The zero-order chi connectivity index (χ0) is 12.9. The Bertz CT molecular complexity index is 332. The Labute approximate surface area is 114 Å². The molecule has 0 N–H and O–H groups in total. The van der Waals surface area contributed by atoms with Gasteiger partial charge >= 0.3 is 0 Å². The van der Waals surface area contributed by atoms with Crippen molar-refractivity contribution in [3.8, 4) is 0 Å². The number of nitrogens with zero attached hydrogens (tertiary/aromatic N) is 3. The molecule has 1 aromatic heterocycles.